The summed E-state index contributed by atoms with van der Waals surface area (Å²) in [5, 5.41) is 14.2. The molecule has 1 aromatic heterocycles. The van der Waals surface area contributed by atoms with Gasteiger partial charge in [-0.05, 0) is 42.7 Å². The molecule has 58 heavy (non-hydrogen) atoms. The van der Waals surface area contributed by atoms with Gasteiger partial charge in [0.1, 0.15) is 29.0 Å². The van der Waals surface area contributed by atoms with E-state index in [0.717, 1.165) is 16.7 Å². The van der Waals surface area contributed by atoms with Gasteiger partial charge in [-0.3, -0.25) is 19.1 Å². The first-order valence-electron chi connectivity index (χ1n) is 19.5. The topological polar surface area (TPSA) is 182 Å². The number of ether oxygens (including phenoxy) is 1. The summed E-state index contributed by atoms with van der Waals surface area (Å²) in [5.41, 5.74) is -0.103. The zero-order chi connectivity index (χ0) is 41.8. The van der Waals surface area contributed by atoms with E-state index in [1.807, 2.05) is 85.3 Å². The predicted molar refractivity (Wildman–Crippen MR) is 210 cm³/mol. The molecule has 3 N–H and O–H groups in total. The van der Waals surface area contributed by atoms with Crippen LogP contribution in [-0.4, -0.2) is 94.6 Å². The van der Waals surface area contributed by atoms with Gasteiger partial charge in [0.25, 0.3) is 5.91 Å². The average molecular weight is 822 g/mol. The van der Waals surface area contributed by atoms with E-state index in [1.54, 1.807) is 20.8 Å². The van der Waals surface area contributed by atoms with Gasteiger partial charge in [-0.2, -0.15) is 15.0 Å². The minimum atomic E-state index is -4.14. The number of hydrogen-bond acceptors (Lipinski definition) is 9. The molecule has 4 amide bonds. The minimum Gasteiger partial charge on any atom is -0.449 e. The van der Waals surface area contributed by atoms with E-state index < -0.39 is 92.3 Å². The Labute approximate surface area is 336 Å². The molecular formula is C41H49F2N7O7S. The van der Waals surface area contributed by atoms with Crippen molar-refractivity contribution in [3.8, 4) is 22.5 Å². The Hall–Kier alpha value is -5.19. The van der Waals surface area contributed by atoms with Gasteiger partial charge >= 0.3 is 6.09 Å². The van der Waals surface area contributed by atoms with E-state index in [-0.39, 0.29) is 19.6 Å². The highest BCUT2D eigenvalue weighted by Gasteiger charge is 2.67. The van der Waals surface area contributed by atoms with Crippen LogP contribution < -0.4 is 15.4 Å². The number of sulfonamides is 1. The fourth-order valence-electron chi connectivity index (χ4n) is 7.58. The van der Waals surface area contributed by atoms with Crippen LogP contribution in [-0.2, 0) is 29.1 Å². The molecule has 6 bridgehead atoms. The van der Waals surface area contributed by atoms with Gasteiger partial charge in [-0.25, -0.2) is 22.0 Å². The molecule has 3 fully saturated rings. The fraction of sp³-hybridized carbons (Fsp3) is 0.512. The molecule has 3 aromatic rings. The molecule has 3 heterocycles. The quantitative estimate of drug-likeness (QED) is 0.293. The second-order valence-electron chi connectivity index (χ2n) is 17.7. The lowest BCUT2D eigenvalue weighted by atomic mass is 9.85. The van der Waals surface area contributed by atoms with Crippen molar-refractivity contribution in [1.29, 1.82) is 0 Å². The molecular weight excluding hydrogens is 773 g/mol. The van der Waals surface area contributed by atoms with Gasteiger partial charge in [0.2, 0.25) is 28.3 Å². The molecule has 2 saturated carbocycles. The summed E-state index contributed by atoms with van der Waals surface area (Å²) in [5.74, 6) is -4.50. The Morgan fingerprint density at radius 3 is 2.31 bits per heavy atom. The SMILES string of the molecule is CC1(C)C/C=C/c2cccc(c2)-c2nn(nc2-c2ccccc2)C2C[C@@H](C(=O)N[C@@]3(C(=O)NS(=O)(=O)C4CC4)C[C@H]3C(F)F)N(C2)C(=O)[C@H](C(C)(C)C)NC(=O)OC1. The third-order valence-electron chi connectivity index (χ3n) is 11.2. The molecule has 14 nitrogen and oxygen atoms in total. The second kappa shape index (κ2) is 15.2. The van der Waals surface area contributed by atoms with Gasteiger partial charge in [0.05, 0.1) is 23.8 Å². The monoisotopic (exact) mass is 821 g/mol. The summed E-state index contributed by atoms with van der Waals surface area (Å²) < 4.78 is 61.5. The molecule has 2 aromatic carbocycles. The highest BCUT2D eigenvalue weighted by molar-refractivity contribution is 7.91. The standard InChI is InChI=1S/C41H49F2N7O7S/c1-39(2,3)33-36(52)49-22-27(20-30(49)35(51)45-41(21-29(41)34(42)43)37(53)48-58(55,56)28-16-17-28)50-46-31(25-13-7-6-8-14-25)32(47-50)26-15-9-11-24(19-26)12-10-18-40(4,5)23-57-38(54)44-33/h6-15,19,27-30,33-34H,16-18,20-23H2,1-5H3,(H,44,54)(H,45,51)(H,48,53)/b12-10+/t27?,29-,30-,33+,41-/m0/s1. The normalized spacial score (nSPS) is 26.7. The summed E-state index contributed by atoms with van der Waals surface area (Å²) >= 11 is 0. The zero-order valence-electron chi connectivity index (χ0n) is 33.1. The average Bonchev–Trinajstić information content (AvgIpc) is 4.06. The van der Waals surface area contributed by atoms with Gasteiger partial charge < -0.3 is 20.3 Å². The molecule has 310 valence electrons. The maximum Gasteiger partial charge on any atom is 0.407 e. The van der Waals surface area contributed by atoms with Crippen molar-refractivity contribution >= 4 is 39.9 Å². The largest absolute Gasteiger partial charge is 0.449 e. The van der Waals surface area contributed by atoms with E-state index in [0.29, 0.717) is 30.7 Å². The first-order valence-corrected chi connectivity index (χ1v) is 21.0. The summed E-state index contributed by atoms with van der Waals surface area (Å²) in [6, 6.07) is 13.8. The molecule has 0 spiro atoms. The Morgan fingerprint density at radius 1 is 1.00 bits per heavy atom. The second-order valence-corrected chi connectivity index (χ2v) is 19.6. The van der Waals surface area contributed by atoms with Gasteiger partial charge in [0, 0.05) is 29.5 Å². The fourth-order valence-corrected chi connectivity index (χ4v) is 8.94. The van der Waals surface area contributed by atoms with Crippen molar-refractivity contribution in [3.05, 3.63) is 66.2 Å². The maximum absolute atomic E-state index is 14.7. The third-order valence-corrected chi connectivity index (χ3v) is 13.1. The van der Waals surface area contributed by atoms with E-state index in [4.69, 9.17) is 14.9 Å². The molecule has 1 saturated heterocycles. The van der Waals surface area contributed by atoms with Crippen molar-refractivity contribution in [2.75, 3.05) is 13.2 Å². The summed E-state index contributed by atoms with van der Waals surface area (Å²) in [4.78, 5) is 58.7. The lowest BCUT2D eigenvalue weighted by molar-refractivity contribution is -0.143. The summed E-state index contributed by atoms with van der Waals surface area (Å²) in [7, 11) is -4.14. The first-order chi connectivity index (χ1) is 27.3. The predicted octanol–water partition coefficient (Wildman–Crippen LogP) is 5.09. The number of halogens is 2. The van der Waals surface area contributed by atoms with Crippen LogP contribution in [0.5, 0.6) is 0 Å². The number of nitrogens with zero attached hydrogens (tertiary/aromatic N) is 4. The number of amides is 4. The van der Waals surface area contributed by atoms with Crippen LogP contribution in [0, 0.1) is 16.7 Å². The van der Waals surface area contributed by atoms with Crippen molar-refractivity contribution in [1.82, 2.24) is 35.2 Å². The number of rotatable bonds is 7. The van der Waals surface area contributed by atoms with E-state index in [1.165, 1.54) is 9.70 Å². The van der Waals surface area contributed by atoms with Crippen LogP contribution in [0.15, 0.2) is 60.7 Å². The Morgan fingerprint density at radius 2 is 1.67 bits per heavy atom. The number of benzene rings is 2. The molecule has 0 radical (unpaired) electrons. The number of alkyl halides is 2. The lowest BCUT2D eigenvalue weighted by Crippen LogP contribution is -2.60. The smallest absolute Gasteiger partial charge is 0.407 e. The Bertz CT molecular complexity index is 2240. The number of alkyl carbamates (subject to hydrolysis) is 1. The van der Waals surface area contributed by atoms with Crippen LogP contribution in [0.1, 0.15) is 78.3 Å². The van der Waals surface area contributed by atoms with Crippen LogP contribution in [0.4, 0.5) is 13.6 Å². The first kappa shape index (κ1) is 41.0. The van der Waals surface area contributed by atoms with Crippen LogP contribution in [0.2, 0.25) is 0 Å². The maximum atomic E-state index is 14.7. The van der Waals surface area contributed by atoms with Crippen molar-refractivity contribution in [2.45, 2.75) is 102 Å². The van der Waals surface area contributed by atoms with Crippen LogP contribution in [0.3, 0.4) is 0 Å². The third kappa shape index (κ3) is 8.50. The number of carbonyl (C=O) groups is 4. The van der Waals surface area contributed by atoms with E-state index in [2.05, 4.69) is 10.6 Å². The molecule has 2 aliphatic carbocycles. The number of nitrogens with one attached hydrogen (secondary N) is 3. The zero-order valence-corrected chi connectivity index (χ0v) is 33.9. The number of cyclic esters (lactones) is 1. The van der Waals surface area contributed by atoms with Crippen molar-refractivity contribution in [2.24, 2.45) is 16.7 Å². The summed E-state index contributed by atoms with van der Waals surface area (Å²) in [6.07, 6.45) is 0.700. The highest BCUT2D eigenvalue weighted by Crippen LogP contribution is 2.49. The number of aromatic nitrogens is 3. The molecule has 17 heteroatoms. The van der Waals surface area contributed by atoms with Gasteiger partial charge in [-0.1, -0.05) is 95.3 Å². The molecule has 7 rings (SSSR count). The lowest BCUT2D eigenvalue weighted by Gasteiger charge is -2.35. The van der Waals surface area contributed by atoms with Crippen LogP contribution in [0.25, 0.3) is 28.6 Å². The number of allylic oxidation sites excluding steroid dienone is 1. The number of hydrogen-bond donors (Lipinski definition) is 3. The van der Waals surface area contributed by atoms with E-state index in [9.17, 15) is 36.4 Å². The summed E-state index contributed by atoms with van der Waals surface area (Å²) in [6.45, 7) is 9.00. The molecule has 1 unspecified atom stereocenters. The molecule has 2 aliphatic heterocycles. The van der Waals surface area contributed by atoms with Crippen molar-refractivity contribution in [3.63, 3.8) is 0 Å². The molecule has 4 aliphatic rings. The Kier molecular flexibility index (Phi) is 10.7. The minimum absolute atomic E-state index is 0.0274. The Balaban J connectivity index is 1.30. The van der Waals surface area contributed by atoms with Crippen molar-refractivity contribution < 1.29 is 41.1 Å². The van der Waals surface area contributed by atoms with Gasteiger partial charge in [0.15, 0.2) is 0 Å². The van der Waals surface area contributed by atoms with Gasteiger partial charge in [-0.15, -0.1) is 0 Å². The van der Waals surface area contributed by atoms with E-state index >= 15 is 0 Å². The highest BCUT2D eigenvalue weighted by atomic mass is 32.2. The van der Waals surface area contributed by atoms with Crippen LogP contribution >= 0.6 is 0 Å². The number of carbonyl (C=O) groups excluding carboxylic acids is 4. The number of fused-ring (bicyclic) bond motifs is 8. The molecule has 5 atom stereocenters.